The van der Waals surface area contributed by atoms with Crippen molar-refractivity contribution in [1.82, 2.24) is 19.9 Å². The van der Waals surface area contributed by atoms with Crippen LogP contribution in [0.3, 0.4) is 0 Å². The van der Waals surface area contributed by atoms with Crippen LogP contribution in [-0.2, 0) is 6.54 Å². The van der Waals surface area contributed by atoms with Crippen LogP contribution in [0.1, 0.15) is 24.2 Å². The van der Waals surface area contributed by atoms with Crippen molar-refractivity contribution in [1.29, 1.82) is 0 Å². The molecule has 2 aliphatic heterocycles. The Morgan fingerprint density at radius 3 is 2.52 bits per heavy atom. The largest absolute Gasteiger partial charge is 0.334 e. The average Bonchev–Trinajstić information content (AvgIpc) is 3.12. The predicted molar refractivity (Wildman–Crippen MR) is 102 cm³/mol. The second-order valence-electron chi connectivity index (χ2n) is 7.04. The van der Waals surface area contributed by atoms with Crippen LogP contribution >= 0.6 is 11.8 Å². The van der Waals surface area contributed by atoms with Crippen molar-refractivity contribution in [3.63, 3.8) is 0 Å². The summed E-state index contributed by atoms with van der Waals surface area (Å²) in [5.74, 6) is 4.07. The van der Waals surface area contributed by atoms with Gasteiger partial charge in [-0.1, -0.05) is 22.9 Å². The summed E-state index contributed by atoms with van der Waals surface area (Å²) < 4.78 is 5.45. The summed E-state index contributed by atoms with van der Waals surface area (Å²) in [6.45, 7) is 7.38. The van der Waals surface area contributed by atoms with E-state index in [0.717, 1.165) is 50.2 Å². The highest BCUT2D eigenvalue weighted by atomic mass is 32.2. The Hall–Kier alpha value is -1.37. The van der Waals surface area contributed by atoms with Crippen molar-refractivity contribution >= 4 is 11.8 Å². The second-order valence-corrected chi connectivity index (χ2v) is 8.26. The maximum atomic E-state index is 5.45. The molecular formula is C19H26N4OS. The third-order valence-corrected chi connectivity index (χ3v) is 6.29. The van der Waals surface area contributed by atoms with Gasteiger partial charge in [-0.15, -0.1) is 0 Å². The lowest BCUT2D eigenvalue weighted by Gasteiger charge is -2.40. The first-order valence-corrected chi connectivity index (χ1v) is 10.4. The zero-order valence-corrected chi connectivity index (χ0v) is 15.7. The van der Waals surface area contributed by atoms with E-state index < -0.39 is 0 Å². The van der Waals surface area contributed by atoms with E-state index >= 15 is 0 Å². The zero-order chi connectivity index (χ0) is 17.1. The number of rotatable bonds is 4. The van der Waals surface area contributed by atoms with Crippen molar-refractivity contribution in [2.75, 3.05) is 37.7 Å². The summed E-state index contributed by atoms with van der Waals surface area (Å²) in [5.41, 5.74) is 2.22. The van der Waals surface area contributed by atoms with E-state index in [0.29, 0.717) is 5.89 Å². The number of hydrogen-bond acceptors (Lipinski definition) is 6. The molecular weight excluding hydrogens is 332 g/mol. The van der Waals surface area contributed by atoms with Gasteiger partial charge in [0.1, 0.15) is 0 Å². The fraction of sp³-hybridized carbons (Fsp3) is 0.579. The summed E-state index contributed by atoms with van der Waals surface area (Å²) in [6, 6.07) is 9.02. The first kappa shape index (κ1) is 17.1. The summed E-state index contributed by atoms with van der Waals surface area (Å²) >= 11 is 2.10. The highest BCUT2D eigenvalue weighted by Gasteiger charge is 2.25. The molecule has 0 saturated carbocycles. The van der Waals surface area contributed by atoms with Gasteiger partial charge in [-0.2, -0.15) is 16.7 Å². The van der Waals surface area contributed by atoms with Crippen LogP contribution in [0, 0.1) is 6.92 Å². The highest BCUT2D eigenvalue weighted by molar-refractivity contribution is 7.99. The topological polar surface area (TPSA) is 45.4 Å². The molecule has 1 aromatic heterocycles. The maximum absolute atomic E-state index is 5.45. The van der Waals surface area contributed by atoms with Gasteiger partial charge < -0.3 is 4.52 Å². The Kier molecular flexibility index (Phi) is 5.39. The van der Waals surface area contributed by atoms with E-state index in [-0.39, 0.29) is 0 Å². The lowest BCUT2D eigenvalue weighted by molar-refractivity contribution is 0.0860. The molecule has 25 heavy (non-hydrogen) atoms. The van der Waals surface area contributed by atoms with Crippen LogP contribution in [0.25, 0.3) is 11.5 Å². The van der Waals surface area contributed by atoms with Gasteiger partial charge >= 0.3 is 0 Å². The van der Waals surface area contributed by atoms with Crippen LogP contribution in [-0.4, -0.2) is 63.7 Å². The van der Waals surface area contributed by atoms with Gasteiger partial charge in [0, 0.05) is 37.8 Å². The van der Waals surface area contributed by atoms with E-state index in [9.17, 15) is 0 Å². The average molecular weight is 359 g/mol. The first-order valence-electron chi connectivity index (χ1n) is 9.22. The molecule has 3 heterocycles. The fourth-order valence-electron chi connectivity index (χ4n) is 3.67. The standard InChI is InChI=1S/C19H26N4OS/c1-15-2-4-16(5-3-15)19-20-18(21-24-19)14-22-8-10-23(11-9-22)17-6-12-25-13-7-17/h2-5,17H,6-14H2,1H3. The quantitative estimate of drug-likeness (QED) is 0.837. The minimum absolute atomic E-state index is 0.619. The first-order chi connectivity index (χ1) is 12.3. The molecule has 0 radical (unpaired) electrons. The van der Waals surface area contributed by atoms with Crippen LogP contribution in [0.15, 0.2) is 28.8 Å². The smallest absolute Gasteiger partial charge is 0.257 e. The number of hydrogen-bond donors (Lipinski definition) is 0. The van der Waals surface area contributed by atoms with Crippen LogP contribution in [0.5, 0.6) is 0 Å². The lowest BCUT2D eigenvalue weighted by atomic mass is 10.1. The summed E-state index contributed by atoms with van der Waals surface area (Å²) in [6.07, 6.45) is 2.71. The van der Waals surface area contributed by atoms with Gasteiger partial charge in [0.05, 0.1) is 6.54 Å². The van der Waals surface area contributed by atoms with Gasteiger partial charge in [-0.05, 0) is 43.4 Å². The Labute approximate surface area is 153 Å². The molecule has 0 amide bonds. The van der Waals surface area contributed by atoms with E-state index in [4.69, 9.17) is 4.52 Å². The molecule has 1 aromatic carbocycles. The third kappa shape index (κ3) is 4.25. The molecule has 2 aliphatic rings. The molecule has 0 atom stereocenters. The van der Waals surface area contributed by atoms with Crippen LogP contribution in [0.2, 0.25) is 0 Å². The van der Waals surface area contributed by atoms with E-state index in [2.05, 4.69) is 50.8 Å². The molecule has 0 aliphatic carbocycles. The Balaban J connectivity index is 1.31. The molecule has 134 valence electrons. The van der Waals surface area contributed by atoms with E-state index in [1.807, 2.05) is 12.1 Å². The monoisotopic (exact) mass is 358 g/mol. The molecule has 2 aromatic rings. The molecule has 2 fully saturated rings. The number of thioether (sulfide) groups is 1. The molecule has 2 saturated heterocycles. The Morgan fingerprint density at radius 2 is 1.80 bits per heavy atom. The SMILES string of the molecule is Cc1ccc(-c2nc(CN3CCN(C4CCSCC4)CC3)no2)cc1. The van der Waals surface area contributed by atoms with Crippen LogP contribution in [0.4, 0.5) is 0 Å². The highest BCUT2D eigenvalue weighted by Crippen LogP contribution is 2.23. The number of nitrogens with zero attached hydrogens (tertiary/aromatic N) is 4. The van der Waals surface area contributed by atoms with Crippen LogP contribution < -0.4 is 0 Å². The summed E-state index contributed by atoms with van der Waals surface area (Å²) in [4.78, 5) is 9.70. The summed E-state index contributed by atoms with van der Waals surface area (Å²) in [7, 11) is 0. The third-order valence-electron chi connectivity index (χ3n) is 5.25. The number of aryl methyl sites for hydroxylation is 1. The van der Waals surface area contributed by atoms with Gasteiger partial charge in [0.2, 0.25) is 0 Å². The van der Waals surface area contributed by atoms with Crippen molar-refractivity contribution in [2.24, 2.45) is 0 Å². The Bertz CT molecular complexity index is 673. The molecule has 6 heteroatoms. The lowest BCUT2D eigenvalue weighted by Crippen LogP contribution is -2.50. The van der Waals surface area contributed by atoms with Crippen molar-refractivity contribution in [3.05, 3.63) is 35.7 Å². The molecule has 0 bridgehead atoms. The minimum atomic E-state index is 0.619. The Morgan fingerprint density at radius 1 is 1.08 bits per heavy atom. The number of piperazine rings is 1. The van der Waals surface area contributed by atoms with Gasteiger partial charge in [0.25, 0.3) is 5.89 Å². The van der Waals surface area contributed by atoms with Crippen molar-refractivity contribution in [3.8, 4) is 11.5 Å². The predicted octanol–water partition coefficient (Wildman–Crippen LogP) is 3.06. The minimum Gasteiger partial charge on any atom is -0.334 e. The summed E-state index contributed by atoms with van der Waals surface area (Å²) in [5, 5.41) is 4.17. The van der Waals surface area contributed by atoms with Crippen molar-refractivity contribution < 1.29 is 4.52 Å². The number of benzene rings is 1. The van der Waals surface area contributed by atoms with Gasteiger partial charge in [-0.25, -0.2) is 0 Å². The molecule has 0 spiro atoms. The maximum Gasteiger partial charge on any atom is 0.257 e. The number of aromatic nitrogens is 2. The van der Waals surface area contributed by atoms with E-state index in [1.165, 1.54) is 29.9 Å². The van der Waals surface area contributed by atoms with Crippen molar-refractivity contribution in [2.45, 2.75) is 32.4 Å². The van der Waals surface area contributed by atoms with Gasteiger partial charge in [-0.3, -0.25) is 9.80 Å². The second kappa shape index (κ2) is 7.89. The fourth-order valence-corrected chi connectivity index (χ4v) is 4.75. The van der Waals surface area contributed by atoms with Gasteiger partial charge in [0.15, 0.2) is 5.82 Å². The molecule has 5 nitrogen and oxygen atoms in total. The normalized spacial score (nSPS) is 20.8. The molecule has 0 N–H and O–H groups in total. The molecule has 4 rings (SSSR count). The zero-order valence-electron chi connectivity index (χ0n) is 14.9. The van der Waals surface area contributed by atoms with E-state index in [1.54, 1.807) is 0 Å². The molecule has 0 unspecified atom stereocenters.